The van der Waals surface area contributed by atoms with Gasteiger partial charge in [-0.3, -0.25) is 4.99 Å². The van der Waals surface area contributed by atoms with Crippen LogP contribution in [-0.4, -0.2) is 78.7 Å². The lowest BCUT2D eigenvalue weighted by Gasteiger charge is -2.39. The van der Waals surface area contributed by atoms with E-state index in [1.165, 1.54) is 0 Å². The minimum absolute atomic E-state index is 0.276. The highest BCUT2D eigenvalue weighted by Gasteiger charge is 2.30. The Hall–Kier alpha value is -1.61. The summed E-state index contributed by atoms with van der Waals surface area (Å²) in [5, 5.41) is 3.33. The number of guanidine groups is 1. The van der Waals surface area contributed by atoms with Gasteiger partial charge in [-0.2, -0.15) is 0 Å². The first kappa shape index (κ1) is 18.2. The lowest BCUT2D eigenvalue weighted by Crippen LogP contribution is -2.50. The van der Waals surface area contributed by atoms with E-state index in [9.17, 15) is 8.42 Å². The van der Waals surface area contributed by atoms with Crippen LogP contribution in [0, 0.1) is 5.92 Å². The van der Waals surface area contributed by atoms with Gasteiger partial charge in [0.15, 0.2) is 5.96 Å². The molecule has 1 aromatic heterocycles. The third-order valence-electron chi connectivity index (χ3n) is 5.19. The van der Waals surface area contributed by atoms with E-state index < -0.39 is 10.0 Å². The Morgan fingerprint density at radius 1 is 1.40 bits per heavy atom. The molecule has 0 saturated carbocycles. The molecule has 0 aromatic carbocycles. The number of nitrogens with one attached hydrogen (secondary N) is 1. The number of rotatable bonds is 4. The van der Waals surface area contributed by atoms with E-state index in [0.29, 0.717) is 31.6 Å². The fourth-order valence-electron chi connectivity index (χ4n) is 3.66. The van der Waals surface area contributed by atoms with Crippen LogP contribution in [0.5, 0.6) is 0 Å². The number of likely N-dealkylation sites (tertiary alicyclic amines) is 1. The molecule has 3 rings (SSSR count). The van der Waals surface area contributed by atoms with Gasteiger partial charge in [-0.15, -0.1) is 0 Å². The zero-order valence-electron chi connectivity index (χ0n) is 15.0. The summed E-state index contributed by atoms with van der Waals surface area (Å²) < 4.78 is 27.5. The molecule has 0 radical (unpaired) electrons. The number of aliphatic imine (C=N–C) groups is 1. The highest BCUT2D eigenvalue weighted by atomic mass is 32.2. The molecule has 0 aliphatic carbocycles. The summed E-state index contributed by atoms with van der Waals surface area (Å²) >= 11 is 0. The van der Waals surface area contributed by atoms with Crippen molar-refractivity contribution in [2.24, 2.45) is 10.9 Å². The molecular weight excluding hydrogens is 340 g/mol. The topological polar surface area (TPSA) is 82.8 Å². The van der Waals surface area contributed by atoms with Gasteiger partial charge < -0.3 is 14.8 Å². The van der Waals surface area contributed by atoms with Crippen LogP contribution in [-0.2, 0) is 10.0 Å². The van der Waals surface area contributed by atoms with Crippen LogP contribution < -0.4 is 5.32 Å². The molecule has 1 N–H and O–H groups in total. The Kier molecular flexibility index (Phi) is 5.63. The van der Waals surface area contributed by atoms with Crippen molar-refractivity contribution < 1.29 is 8.42 Å². The molecule has 2 atom stereocenters. The van der Waals surface area contributed by atoms with E-state index in [2.05, 4.69) is 31.7 Å². The third-order valence-corrected chi connectivity index (χ3v) is 7.14. The molecule has 8 nitrogen and oxygen atoms in total. The van der Waals surface area contributed by atoms with Crippen LogP contribution in [0.3, 0.4) is 0 Å². The van der Waals surface area contributed by atoms with Gasteiger partial charge in [0.2, 0.25) is 10.0 Å². The van der Waals surface area contributed by atoms with Crippen molar-refractivity contribution >= 4 is 16.0 Å². The summed E-state index contributed by atoms with van der Waals surface area (Å²) in [7, 11) is -1.26. The van der Waals surface area contributed by atoms with Crippen molar-refractivity contribution in [3.05, 3.63) is 18.7 Å². The Bertz CT molecular complexity index is 687. The van der Waals surface area contributed by atoms with Gasteiger partial charge in [-0.05, 0) is 18.8 Å². The maximum Gasteiger partial charge on any atom is 0.214 e. The van der Waals surface area contributed by atoms with Gasteiger partial charge in [0, 0.05) is 52.2 Å². The summed E-state index contributed by atoms with van der Waals surface area (Å²) in [5.74, 6) is 1.70. The second-order valence-electron chi connectivity index (χ2n) is 6.83. The minimum atomic E-state index is -3.03. The molecule has 2 saturated heterocycles. The summed E-state index contributed by atoms with van der Waals surface area (Å²) in [6, 6.07) is 0.369. The maximum absolute atomic E-state index is 11.9. The first-order chi connectivity index (χ1) is 12.0. The molecule has 1 aromatic rings. The summed E-state index contributed by atoms with van der Waals surface area (Å²) in [6.45, 7) is 5.81. The van der Waals surface area contributed by atoms with E-state index >= 15 is 0 Å². The average Bonchev–Trinajstić information content (AvgIpc) is 3.22. The molecule has 2 unspecified atom stereocenters. The van der Waals surface area contributed by atoms with Crippen LogP contribution in [0.25, 0.3) is 0 Å². The van der Waals surface area contributed by atoms with Gasteiger partial charge in [-0.25, -0.2) is 17.7 Å². The molecule has 2 aliphatic heterocycles. The molecule has 2 aliphatic rings. The first-order valence-corrected chi connectivity index (χ1v) is 10.5. The normalized spacial score (nSPS) is 27.6. The standard InChI is InChI=1S/C16H28N6O2S/c1-14-4-8-20(12-15(14)21-9-5-18-13-21)16(17-2)19-6-10-22-7-3-11-25(22,23)24/h5,9,13-15H,3-4,6-8,10-12H2,1-2H3,(H,17,19). The van der Waals surface area contributed by atoms with Crippen molar-refractivity contribution in [1.82, 2.24) is 24.1 Å². The lowest BCUT2D eigenvalue weighted by molar-refractivity contribution is 0.189. The predicted molar refractivity (Wildman–Crippen MR) is 98.0 cm³/mol. The molecule has 2 fully saturated rings. The molecule has 140 valence electrons. The van der Waals surface area contributed by atoms with Crippen molar-refractivity contribution in [1.29, 1.82) is 0 Å². The van der Waals surface area contributed by atoms with E-state index in [4.69, 9.17) is 0 Å². The van der Waals surface area contributed by atoms with Crippen molar-refractivity contribution in [2.45, 2.75) is 25.8 Å². The molecular formula is C16H28N6O2S. The monoisotopic (exact) mass is 368 g/mol. The fourth-order valence-corrected chi connectivity index (χ4v) is 5.19. The van der Waals surface area contributed by atoms with Crippen LogP contribution in [0.4, 0.5) is 0 Å². The number of piperidine rings is 1. The maximum atomic E-state index is 11.9. The predicted octanol–water partition coefficient (Wildman–Crippen LogP) is 0.377. The summed E-state index contributed by atoms with van der Waals surface area (Å²) in [4.78, 5) is 10.8. The number of hydrogen-bond acceptors (Lipinski definition) is 4. The Morgan fingerprint density at radius 3 is 2.88 bits per heavy atom. The third kappa shape index (κ3) is 4.14. The fraction of sp³-hybridized carbons (Fsp3) is 0.750. The zero-order chi connectivity index (χ0) is 17.9. The summed E-state index contributed by atoms with van der Waals surface area (Å²) in [6.07, 6.45) is 7.52. The second kappa shape index (κ2) is 7.74. The van der Waals surface area contributed by atoms with Gasteiger partial charge >= 0.3 is 0 Å². The number of hydrogen-bond donors (Lipinski definition) is 1. The second-order valence-corrected chi connectivity index (χ2v) is 8.92. The van der Waals surface area contributed by atoms with Crippen molar-refractivity contribution in [3.63, 3.8) is 0 Å². The highest BCUT2D eigenvalue weighted by molar-refractivity contribution is 7.89. The number of aromatic nitrogens is 2. The first-order valence-electron chi connectivity index (χ1n) is 8.92. The lowest BCUT2D eigenvalue weighted by atomic mass is 9.93. The SMILES string of the molecule is CN=C(NCCN1CCCS1(=O)=O)N1CCC(C)C(n2ccnc2)C1. The number of imidazole rings is 1. The van der Waals surface area contributed by atoms with Gasteiger partial charge in [-0.1, -0.05) is 6.92 Å². The number of sulfonamides is 1. The Labute approximate surface area is 150 Å². The average molecular weight is 369 g/mol. The van der Waals surface area contributed by atoms with E-state index in [-0.39, 0.29) is 5.75 Å². The number of nitrogens with zero attached hydrogens (tertiary/aromatic N) is 5. The van der Waals surface area contributed by atoms with E-state index in [1.54, 1.807) is 11.4 Å². The molecule has 9 heteroatoms. The smallest absolute Gasteiger partial charge is 0.214 e. The quantitative estimate of drug-likeness (QED) is 0.614. The van der Waals surface area contributed by atoms with Crippen molar-refractivity contribution in [2.75, 3.05) is 45.5 Å². The van der Waals surface area contributed by atoms with Crippen LogP contribution in [0.15, 0.2) is 23.7 Å². The summed E-state index contributed by atoms with van der Waals surface area (Å²) in [5.41, 5.74) is 0. The Balaban J connectivity index is 1.56. The van der Waals surface area contributed by atoms with Crippen molar-refractivity contribution in [3.8, 4) is 0 Å². The van der Waals surface area contributed by atoms with Crippen LogP contribution >= 0.6 is 0 Å². The van der Waals surface area contributed by atoms with Crippen LogP contribution in [0.1, 0.15) is 25.8 Å². The molecule has 0 amide bonds. The van der Waals surface area contributed by atoms with Crippen LogP contribution in [0.2, 0.25) is 0 Å². The highest BCUT2D eigenvalue weighted by Crippen LogP contribution is 2.27. The minimum Gasteiger partial charge on any atom is -0.355 e. The van der Waals surface area contributed by atoms with Gasteiger partial charge in [0.1, 0.15) is 0 Å². The van der Waals surface area contributed by atoms with E-state index in [1.807, 2.05) is 18.7 Å². The van der Waals surface area contributed by atoms with Gasteiger partial charge in [0.05, 0.1) is 18.1 Å². The molecule has 0 bridgehead atoms. The molecule has 25 heavy (non-hydrogen) atoms. The van der Waals surface area contributed by atoms with E-state index in [0.717, 1.165) is 31.9 Å². The Morgan fingerprint density at radius 2 is 2.24 bits per heavy atom. The van der Waals surface area contributed by atoms with Gasteiger partial charge in [0.25, 0.3) is 0 Å². The molecule has 3 heterocycles. The molecule has 0 spiro atoms. The largest absolute Gasteiger partial charge is 0.355 e. The zero-order valence-corrected chi connectivity index (χ0v) is 15.8.